The predicted octanol–water partition coefficient (Wildman–Crippen LogP) is 2.63. The van der Waals surface area contributed by atoms with E-state index in [1.165, 1.54) is 29.0 Å². The quantitative estimate of drug-likeness (QED) is 0.710. The molecule has 0 aliphatic heterocycles. The summed E-state index contributed by atoms with van der Waals surface area (Å²) in [6.07, 6.45) is -4.29. The van der Waals surface area contributed by atoms with Crippen molar-refractivity contribution in [2.75, 3.05) is 0 Å². The number of halogens is 3. The van der Waals surface area contributed by atoms with Gasteiger partial charge in [0.2, 0.25) is 0 Å². The van der Waals surface area contributed by atoms with Gasteiger partial charge in [-0.1, -0.05) is 0 Å². The number of rotatable bonds is 1. The molecule has 2 rings (SSSR count). The Morgan fingerprint density at radius 3 is 2.06 bits per heavy atom. The Kier molecular flexibility index (Phi) is 3.30. The van der Waals surface area contributed by atoms with Gasteiger partial charge in [-0.2, -0.15) is 0 Å². The first-order valence-corrected chi connectivity index (χ1v) is 6.21. The first-order chi connectivity index (χ1) is 7.97. The zero-order valence-corrected chi connectivity index (χ0v) is 11.3. The van der Waals surface area contributed by atoms with Crippen molar-refractivity contribution in [2.24, 2.45) is 0 Å². The Hall–Kier alpha value is -1.21. The molecule has 17 heavy (non-hydrogen) atoms. The molecule has 0 radical (unpaired) electrons. The van der Waals surface area contributed by atoms with Crippen LogP contribution in [0.2, 0.25) is 0 Å². The van der Waals surface area contributed by atoms with E-state index in [0.717, 1.165) is 16.0 Å². The minimum atomic E-state index is -4.29. The van der Waals surface area contributed by atoms with Crippen LogP contribution in [0.15, 0.2) is 48.5 Å². The van der Waals surface area contributed by atoms with E-state index in [0.29, 0.717) is 5.56 Å². The molecule has 2 aromatic carbocycles. The third kappa shape index (κ3) is 2.92. The van der Waals surface area contributed by atoms with Crippen molar-refractivity contribution in [3.8, 4) is 11.1 Å². The van der Waals surface area contributed by atoms with Gasteiger partial charge in [-0.05, 0) is 0 Å². The van der Waals surface area contributed by atoms with Crippen LogP contribution in [0, 0.1) is 0 Å². The van der Waals surface area contributed by atoms with Gasteiger partial charge in [-0.25, -0.2) is 0 Å². The van der Waals surface area contributed by atoms with Crippen molar-refractivity contribution in [2.45, 2.75) is 6.18 Å². The molecule has 0 saturated carbocycles. The molecule has 0 heterocycles. The number of hydrogen-bond acceptors (Lipinski definition) is 0. The van der Waals surface area contributed by atoms with Crippen LogP contribution in [0.4, 0.5) is 13.2 Å². The fourth-order valence-corrected chi connectivity index (χ4v) is 1.95. The molecular formula is C13H10AsF3. The Balaban J connectivity index is 2.43. The minimum absolute atomic E-state index is 0.590. The van der Waals surface area contributed by atoms with E-state index in [4.69, 9.17) is 0 Å². The summed E-state index contributed by atoms with van der Waals surface area (Å²) in [6, 6.07) is 12.9. The molecule has 0 N–H and O–H groups in total. The molecule has 0 fully saturated rings. The molecule has 1 unspecified atom stereocenters. The van der Waals surface area contributed by atoms with Crippen molar-refractivity contribution in [3.63, 3.8) is 0 Å². The van der Waals surface area contributed by atoms with E-state index in [9.17, 15) is 13.2 Å². The maximum atomic E-state index is 12.6. The summed E-state index contributed by atoms with van der Waals surface area (Å²) < 4.78 is 38.8. The molecule has 1 atom stereocenters. The molecule has 0 amide bonds. The van der Waals surface area contributed by atoms with Crippen molar-refractivity contribution in [1.29, 1.82) is 0 Å². The van der Waals surface area contributed by atoms with Crippen LogP contribution >= 0.6 is 0 Å². The molecule has 0 spiro atoms. The number of hydrogen-bond donors (Lipinski definition) is 0. The molecule has 0 aliphatic rings. The summed E-state index contributed by atoms with van der Waals surface area (Å²) in [5.74, 6) is 0. The zero-order valence-electron chi connectivity index (χ0n) is 8.83. The average molecular weight is 298 g/mol. The van der Waals surface area contributed by atoms with E-state index in [-0.39, 0.29) is 0 Å². The number of alkyl halides is 3. The molecule has 88 valence electrons. The first-order valence-electron chi connectivity index (χ1n) is 5.00. The topological polar surface area (TPSA) is 0 Å². The molecule has 0 aliphatic carbocycles. The van der Waals surface area contributed by atoms with Crippen LogP contribution < -0.4 is 4.35 Å². The van der Waals surface area contributed by atoms with Gasteiger partial charge in [0.1, 0.15) is 0 Å². The van der Waals surface area contributed by atoms with Gasteiger partial charge in [0.15, 0.2) is 0 Å². The van der Waals surface area contributed by atoms with Crippen LogP contribution in [0.3, 0.4) is 0 Å². The third-order valence-corrected chi connectivity index (χ3v) is 3.24. The fraction of sp³-hybridized carbons (Fsp3) is 0.0769. The summed E-state index contributed by atoms with van der Waals surface area (Å²) in [4.78, 5) is 0. The van der Waals surface area contributed by atoms with Crippen LogP contribution in [0.25, 0.3) is 11.1 Å². The fourth-order valence-electron chi connectivity index (χ4n) is 1.55. The van der Waals surface area contributed by atoms with E-state index < -0.39 is 11.7 Å². The zero-order chi connectivity index (χ0) is 12.5. The van der Waals surface area contributed by atoms with Crippen molar-refractivity contribution >= 4 is 21.2 Å². The Labute approximate surface area is 106 Å². The monoisotopic (exact) mass is 298 g/mol. The molecule has 0 saturated heterocycles. The second kappa shape index (κ2) is 4.58. The molecular weight excluding hydrogens is 288 g/mol. The van der Waals surface area contributed by atoms with Gasteiger partial charge in [0.05, 0.1) is 0 Å². The van der Waals surface area contributed by atoms with Crippen LogP contribution in [0.1, 0.15) is 5.56 Å². The molecule has 0 nitrogen and oxygen atoms in total. The summed E-state index contributed by atoms with van der Waals surface area (Å²) in [5.41, 5.74) is 0.782. The Bertz CT molecular complexity index is 515. The Morgan fingerprint density at radius 2 is 1.47 bits per heavy atom. The van der Waals surface area contributed by atoms with Crippen LogP contribution in [-0.4, -0.2) is 16.9 Å². The second-order valence-corrected chi connectivity index (χ2v) is 5.10. The normalized spacial score (nSPS) is 11.5. The Morgan fingerprint density at radius 1 is 0.824 bits per heavy atom. The summed E-state index contributed by atoms with van der Waals surface area (Å²) in [5, 5.41) is 0. The third-order valence-electron chi connectivity index (χ3n) is 2.43. The molecule has 0 aromatic heterocycles. The average Bonchev–Trinajstić information content (AvgIpc) is 2.29. The predicted molar refractivity (Wildman–Crippen MR) is 65.1 cm³/mol. The SMILES string of the molecule is FC(F)(F)c1cccc(-c2ccc([AsH2])cc2)c1. The van der Waals surface area contributed by atoms with Gasteiger partial charge >= 0.3 is 106 Å². The van der Waals surface area contributed by atoms with Crippen LogP contribution in [-0.2, 0) is 6.18 Å². The number of benzene rings is 2. The maximum absolute atomic E-state index is 12.6. The van der Waals surface area contributed by atoms with Crippen molar-refractivity contribution in [3.05, 3.63) is 54.1 Å². The molecule has 2 aromatic rings. The van der Waals surface area contributed by atoms with Crippen LogP contribution in [0.5, 0.6) is 0 Å². The van der Waals surface area contributed by atoms with Gasteiger partial charge in [0, 0.05) is 0 Å². The van der Waals surface area contributed by atoms with Crippen molar-refractivity contribution in [1.82, 2.24) is 0 Å². The van der Waals surface area contributed by atoms with Gasteiger partial charge in [-0.3, -0.25) is 0 Å². The van der Waals surface area contributed by atoms with Crippen molar-refractivity contribution < 1.29 is 13.2 Å². The van der Waals surface area contributed by atoms with E-state index in [1.807, 2.05) is 24.3 Å². The molecule has 0 bridgehead atoms. The van der Waals surface area contributed by atoms with Gasteiger partial charge in [-0.15, -0.1) is 0 Å². The summed E-state index contributed by atoms with van der Waals surface area (Å²) >= 11 is 1.49. The van der Waals surface area contributed by atoms with E-state index in [2.05, 4.69) is 0 Å². The summed E-state index contributed by atoms with van der Waals surface area (Å²) in [6.45, 7) is 0. The summed E-state index contributed by atoms with van der Waals surface area (Å²) in [7, 11) is 0. The standard InChI is InChI=1S/C13H10AsF3/c14-12-6-4-9(5-7-12)10-2-1-3-11(8-10)13(15,16)17/h1-8H,14H2. The van der Waals surface area contributed by atoms with Gasteiger partial charge < -0.3 is 0 Å². The molecule has 4 heteroatoms. The first kappa shape index (κ1) is 12.3. The van der Waals surface area contributed by atoms with Gasteiger partial charge in [0.25, 0.3) is 0 Å². The van der Waals surface area contributed by atoms with E-state index in [1.54, 1.807) is 6.07 Å². The second-order valence-electron chi connectivity index (χ2n) is 3.70. The van der Waals surface area contributed by atoms with E-state index >= 15 is 0 Å².